The molecule has 0 aromatic heterocycles. The predicted octanol–water partition coefficient (Wildman–Crippen LogP) is 1.95. The fourth-order valence-corrected chi connectivity index (χ4v) is 2.62. The Hall–Kier alpha value is -1.75. The third-order valence-corrected chi connectivity index (χ3v) is 4.08. The number of benzene rings is 1. The minimum atomic E-state index is -0.400. The first-order valence-electron chi connectivity index (χ1n) is 6.96. The molecular weight excluding hydrogens is 254 g/mol. The van der Waals surface area contributed by atoms with Crippen LogP contribution in [-0.4, -0.2) is 43.7 Å². The molecule has 1 aromatic carbocycles. The molecule has 1 fully saturated rings. The molecule has 2 rings (SSSR count). The number of hydrogen-bond acceptors (Lipinski definition) is 5. The number of carbonyl (C=O) groups excluding carboxylic acids is 1. The summed E-state index contributed by atoms with van der Waals surface area (Å²) >= 11 is 0. The van der Waals surface area contributed by atoms with E-state index in [1.807, 2.05) is 12.1 Å². The Labute approximate surface area is 120 Å². The van der Waals surface area contributed by atoms with Crippen molar-refractivity contribution >= 4 is 17.3 Å². The Morgan fingerprint density at radius 2 is 2.25 bits per heavy atom. The number of anilines is 2. The van der Waals surface area contributed by atoms with Crippen LogP contribution in [0.1, 0.15) is 30.1 Å². The third-order valence-electron chi connectivity index (χ3n) is 4.08. The molecule has 1 saturated heterocycles. The molecule has 1 heterocycles. The Kier molecular flexibility index (Phi) is 4.49. The van der Waals surface area contributed by atoms with Crippen LogP contribution in [0, 0.1) is 0 Å². The average molecular weight is 277 g/mol. The molecule has 0 amide bonds. The highest BCUT2D eigenvalue weighted by Gasteiger charge is 2.23. The van der Waals surface area contributed by atoms with Crippen molar-refractivity contribution in [2.24, 2.45) is 0 Å². The molecule has 2 unspecified atom stereocenters. The molecule has 3 N–H and O–H groups in total. The minimum Gasteiger partial charge on any atom is -0.465 e. The van der Waals surface area contributed by atoms with Gasteiger partial charge < -0.3 is 20.7 Å². The lowest BCUT2D eigenvalue weighted by atomic mass is 9.98. The van der Waals surface area contributed by atoms with Crippen LogP contribution >= 0.6 is 0 Å². The van der Waals surface area contributed by atoms with Gasteiger partial charge in [-0.05, 0) is 38.9 Å². The molecule has 5 nitrogen and oxygen atoms in total. The van der Waals surface area contributed by atoms with Crippen molar-refractivity contribution in [1.29, 1.82) is 0 Å². The lowest BCUT2D eigenvalue weighted by molar-refractivity contribution is 0.0602. The number of nitrogens with two attached hydrogens (primary N) is 1. The normalized spacial score (nSPS) is 23.4. The zero-order valence-corrected chi connectivity index (χ0v) is 12.3. The van der Waals surface area contributed by atoms with Crippen molar-refractivity contribution in [1.82, 2.24) is 4.90 Å². The molecule has 20 heavy (non-hydrogen) atoms. The van der Waals surface area contributed by atoms with Crippen LogP contribution in [0.3, 0.4) is 0 Å². The van der Waals surface area contributed by atoms with Gasteiger partial charge in [-0.2, -0.15) is 0 Å². The van der Waals surface area contributed by atoms with E-state index in [1.165, 1.54) is 7.11 Å². The summed E-state index contributed by atoms with van der Waals surface area (Å²) in [5, 5.41) is 3.46. The lowest BCUT2D eigenvalue weighted by Gasteiger charge is -2.36. The van der Waals surface area contributed by atoms with Crippen LogP contribution < -0.4 is 11.1 Å². The number of ether oxygens (including phenoxy) is 1. The van der Waals surface area contributed by atoms with Crippen molar-refractivity contribution in [3.05, 3.63) is 23.8 Å². The van der Waals surface area contributed by atoms with E-state index < -0.39 is 5.97 Å². The maximum absolute atomic E-state index is 11.6. The summed E-state index contributed by atoms with van der Waals surface area (Å²) in [7, 11) is 3.51. The summed E-state index contributed by atoms with van der Waals surface area (Å²) in [5.74, 6) is -0.400. The molecule has 110 valence electrons. The topological polar surface area (TPSA) is 67.6 Å². The van der Waals surface area contributed by atoms with Gasteiger partial charge in [-0.1, -0.05) is 6.07 Å². The van der Waals surface area contributed by atoms with E-state index in [1.54, 1.807) is 6.07 Å². The minimum absolute atomic E-state index is 0.386. The van der Waals surface area contributed by atoms with Gasteiger partial charge in [0.1, 0.15) is 0 Å². The van der Waals surface area contributed by atoms with Gasteiger partial charge in [-0.15, -0.1) is 0 Å². The summed E-state index contributed by atoms with van der Waals surface area (Å²) in [4.78, 5) is 14.0. The van der Waals surface area contributed by atoms with Crippen LogP contribution in [0.4, 0.5) is 11.4 Å². The van der Waals surface area contributed by atoms with Crippen LogP contribution in [0.2, 0.25) is 0 Å². The van der Waals surface area contributed by atoms with Gasteiger partial charge >= 0.3 is 5.97 Å². The van der Waals surface area contributed by atoms with E-state index in [4.69, 9.17) is 10.5 Å². The number of piperidine rings is 1. The molecule has 0 aliphatic carbocycles. The first-order valence-corrected chi connectivity index (χ1v) is 6.96. The number of likely N-dealkylation sites (tertiary alicyclic amines) is 1. The number of carbonyl (C=O) groups is 1. The summed E-state index contributed by atoms with van der Waals surface area (Å²) in [5.41, 5.74) is 7.76. The van der Waals surface area contributed by atoms with Gasteiger partial charge in [-0.3, -0.25) is 0 Å². The van der Waals surface area contributed by atoms with E-state index in [2.05, 4.69) is 24.2 Å². The molecule has 5 heteroatoms. The average Bonchev–Trinajstić information content (AvgIpc) is 2.44. The van der Waals surface area contributed by atoms with E-state index in [-0.39, 0.29) is 0 Å². The Morgan fingerprint density at radius 3 is 2.90 bits per heavy atom. The smallest absolute Gasteiger partial charge is 0.340 e. The maximum atomic E-state index is 11.6. The quantitative estimate of drug-likeness (QED) is 0.653. The summed E-state index contributed by atoms with van der Waals surface area (Å²) in [6, 6.07) is 6.35. The zero-order chi connectivity index (χ0) is 14.7. The highest BCUT2D eigenvalue weighted by Crippen LogP contribution is 2.27. The van der Waals surface area contributed by atoms with Crippen molar-refractivity contribution in [2.75, 3.05) is 31.8 Å². The molecule has 2 atom stereocenters. The Balaban J connectivity index is 2.12. The van der Waals surface area contributed by atoms with Crippen LogP contribution in [0.5, 0.6) is 0 Å². The summed E-state index contributed by atoms with van der Waals surface area (Å²) in [6.07, 6.45) is 2.14. The Morgan fingerprint density at radius 1 is 1.50 bits per heavy atom. The molecule has 1 aliphatic heterocycles. The number of para-hydroxylation sites is 1. The van der Waals surface area contributed by atoms with Crippen molar-refractivity contribution in [3.63, 3.8) is 0 Å². The first kappa shape index (κ1) is 14.7. The Bertz CT molecular complexity index is 490. The number of hydrogen-bond donors (Lipinski definition) is 2. The molecule has 0 bridgehead atoms. The van der Waals surface area contributed by atoms with Crippen molar-refractivity contribution < 1.29 is 9.53 Å². The molecule has 0 radical (unpaired) electrons. The number of nitrogens with one attached hydrogen (secondary N) is 1. The number of esters is 1. The predicted molar refractivity (Wildman–Crippen MR) is 80.9 cm³/mol. The number of nitrogens with zero attached hydrogens (tertiary/aromatic N) is 1. The van der Waals surface area contributed by atoms with Gasteiger partial charge in [0, 0.05) is 18.6 Å². The summed E-state index contributed by atoms with van der Waals surface area (Å²) in [6.45, 7) is 3.29. The highest BCUT2D eigenvalue weighted by atomic mass is 16.5. The molecular formula is C15H23N3O2. The van der Waals surface area contributed by atoms with E-state index in [0.717, 1.165) is 25.1 Å². The zero-order valence-electron chi connectivity index (χ0n) is 12.3. The second-order valence-corrected chi connectivity index (χ2v) is 5.45. The number of methoxy groups -OCH3 is 1. The number of nitrogen functional groups attached to an aromatic ring is 1. The molecule has 1 aromatic rings. The van der Waals surface area contributed by atoms with Crippen molar-refractivity contribution in [2.45, 2.75) is 31.8 Å². The van der Waals surface area contributed by atoms with Crippen LogP contribution in [0.25, 0.3) is 0 Å². The van der Waals surface area contributed by atoms with Gasteiger partial charge in [0.2, 0.25) is 0 Å². The van der Waals surface area contributed by atoms with Crippen molar-refractivity contribution in [3.8, 4) is 0 Å². The van der Waals surface area contributed by atoms with Gasteiger partial charge in [0.25, 0.3) is 0 Å². The SMILES string of the molecule is COC(=O)c1cccc(NC2CCN(C)C(C)C2)c1N. The molecule has 0 saturated carbocycles. The van der Waals surface area contributed by atoms with Gasteiger partial charge in [0.15, 0.2) is 0 Å². The monoisotopic (exact) mass is 277 g/mol. The first-order chi connectivity index (χ1) is 9.52. The van der Waals surface area contributed by atoms with Crippen LogP contribution in [0.15, 0.2) is 18.2 Å². The fraction of sp³-hybridized carbons (Fsp3) is 0.533. The second-order valence-electron chi connectivity index (χ2n) is 5.45. The van der Waals surface area contributed by atoms with E-state index in [9.17, 15) is 4.79 Å². The highest BCUT2D eigenvalue weighted by molar-refractivity contribution is 5.98. The third kappa shape index (κ3) is 3.04. The maximum Gasteiger partial charge on any atom is 0.340 e. The standard InChI is InChI=1S/C15H23N3O2/c1-10-9-11(7-8-18(10)2)17-13-6-4-5-12(14(13)16)15(19)20-3/h4-6,10-11,17H,7-9,16H2,1-3H3. The number of rotatable bonds is 3. The second kappa shape index (κ2) is 6.13. The lowest BCUT2D eigenvalue weighted by Crippen LogP contribution is -2.42. The van der Waals surface area contributed by atoms with E-state index in [0.29, 0.717) is 23.3 Å². The largest absolute Gasteiger partial charge is 0.465 e. The van der Waals surface area contributed by atoms with Gasteiger partial charge in [0.05, 0.1) is 24.0 Å². The fourth-order valence-electron chi connectivity index (χ4n) is 2.62. The molecule has 0 spiro atoms. The summed E-state index contributed by atoms with van der Waals surface area (Å²) < 4.78 is 4.74. The van der Waals surface area contributed by atoms with Crippen LogP contribution in [-0.2, 0) is 4.74 Å². The molecule has 1 aliphatic rings. The van der Waals surface area contributed by atoms with Gasteiger partial charge in [-0.25, -0.2) is 4.79 Å². The van der Waals surface area contributed by atoms with E-state index >= 15 is 0 Å².